The molecule has 2 aromatic rings. The molecule has 178 valence electrons. The molecule has 1 aliphatic rings. The second-order valence-corrected chi connectivity index (χ2v) is 8.89. The van der Waals surface area contributed by atoms with Gasteiger partial charge in [0.15, 0.2) is 0 Å². The maximum Gasteiger partial charge on any atom is 0.416 e. The number of sulfonamides is 1. The molecule has 1 N–H and O–H groups in total. The van der Waals surface area contributed by atoms with Gasteiger partial charge in [0.1, 0.15) is 17.2 Å². The lowest BCUT2D eigenvalue weighted by Gasteiger charge is -2.35. The van der Waals surface area contributed by atoms with E-state index in [-0.39, 0.29) is 26.2 Å². The first-order valence-corrected chi connectivity index (χ1v) is 11.1. The molecular formula is C20H18F5N3O4S. The molecule has 0 aromatic heterocycles. The number of carbonyl (C=O) groups is 2. The van der Waals surface area contributed by atoms with Crippen LogP contribution in [0.4, 0.5) is 22.0 Å². The third-order valence-corrected chi connectivity index (χ3v) is 6.38. The Kier molecular flexibility index (Phi) is 7.03. The van der Waals surface area contributed by atoms with Gasteiger partial charge in [0.2, 0.25) is 15.9 Å². The number of rotatable bonds is 5. The van der Waals surface area contributed by atoms with Crippen molar-refractivity contribution in [1.29, 1.82) is 0 Å². The first-order chi connectivity index (χ1) is 15.4. The summed E-state index contributed by atoms with van der Waals surface area (Å²) < 4.78 is 92.6. The summed E-state index contributed by atoms with van der Waals surface area (Å²) in [7, 11) is -4.39. The number of nitrogens with one attached hydrogen (secondary N) is 1. The highest BCUT2D eigenvalue weighted by Gasteiger charge is 2.32. The average Bonchev–Trinajstić information content (AvgIpc) is 2.77. The molecule has 0 aliphatic carbocycles. The number of nitrogens with zero attached hydrogens (tertiary/aromatic N) is 2. The SMILES string of the molecule is O=C(CNS(=O)(=O)c1cccc(C(F)(F)F)c1)N1CCN(C(=O)c2c(F)cccc2F)CC1. The van der Waals surface area contributed by atoms with E-state index in [0.29, 0.717) is 6.07 Å². The number of piperazine rings is 1. The molecule has 7 nitrogen and oxygen atoms in total. The molecule has 3 rings (SSSR count). The molecule has 0 saturated carbocycles. The van der Waals surface area contributed by atoms with Crippen LogP contribution < -0.4 is 4.72 Å². The van der Waals surface area contributed by atoms with Crippen LogP contribution >= 0.6 is 0 Å². The Labute approximate surface area is 185 Å². The number of hydrogen-bond donors (Lipinski definition) is 1. The summed E-state index contributed by atoms with van der Waals surface area (Å²) in [5, 5.41) is 0. The fourth-order valence-corrected chi connectivity index (χ4v) is 4.23. The third kappa shape index (κ3) is 5.66. The van der Waals surface area contributed by atoms with Crippen molar-refractivity contribution in [2.24, 2.45) is 0 Å². The van der Waals surface area contributed by atoms with Crippen molar-refractivity contribution in [3.8, 4) is 0 Å². The maximum absolute atomic E-state index is 13.8. The number of amides is 2. The first kappa shape index (κ1) is 24.6. The van der Waals surface area contributed by atoms with Gasteiger partial charge in [-0.3, -0.25) is 9.59 Å². The van der Waals surface area contributed by atoms with E-state index in [1.165, 1.54) is 4.90 Å². The van der Waals surface area contributed by atoms with Crippen molar-refractivity contribution in [1.82, 2.24) is 14.5 Å². The van der Waals surface area contributed by atoms with Crippen LogP contribution in [-0.4, -0.2) is 62.8 Å². The number of halogens is 5. The Morgan fingerprint density at radius 1 is 0.909 bits per heavy atom. The van der Waals surface area contributed by atoms with E-state index in [4.69, 9.17) is 0 Å². The monoisotopic (exact) mass is 491 g/mol. The summed E-state index contributed by atoms with van der Waals surface area (Å²) in [4.78, 5) is 26.5. The van der Waals surface area contributed by atoms with Gasteiger partial charge in [-0.15, -0.1) is 0 Å². The molecule has 1 fully saturated rings. The number of benzene rings is 2. The summed E-state index contributed by atoms with van der Waals surface area (Å²) in [5.41, 5.74) is -1.85. The van der Waals surface area contributed by atoms with Gasteiger partial charge in [0.05, 0.1) is 17.0 Å². The predicted molar refractivity (Wildman–Crippen MR) is 105 cm³/mol. The van der Waals surface area contributed by atoms with Gasteiger partial charge in [0.25, 0.3) is 5.91 Å². The molecule has 13 heteroatoms. The van der Waals surface area contributed by atoms with Crippen LogP contribution in [0.1, 0.15) is 15.9 Å². The van der Waals surface area contributed by atoms with Crippen molar-refractivity contribution in [2.75, 3.05) is 32.7 Å². The van der Waals surface area contributed by atoms with Gasteiger partial charge in [-0.2, -0.15) is 13.2 Å². The average molecular weight is 491 g/mol. The second-order valence-electron chi connectivity index (χ2n) is 7.12. The third-order valence-electron chi connectivity index (χ3n) is 4.98. The minimum absolute atomic E-state index is 0.0219. The van der Waals surface area contributed by atoms with Crippen LogP contribution in [0.25, 0.3) is 0 Å². The van der Waals surface area contributed by atoms with Gasteiger partial charge in [0, 0.05) is 26.2 Å². The quantitative estimate of drug-likeness (QED) is 0.651. The van der Waals surface area contributed by atoms with Gasteiger partial charge in [-0.25, -0.2) is 21.9 Å². The summed E-state index contributed by atoms with van der Waals surface area (Å²) in [6.45, 7) is -0.843. The Balaban J connectivity index is 1.58. The van der Waals surface area contributed by atoms with Crippen LogP contribution in [0.3, 0.4) is 0 Å². The summed E-state index contributed by atoms with van der Waals surface area (Å²) in [5.74, 6) is -3.57. The molecule has 1 saturated heterocycles. The first-order valence-electron chi connectivity index (χ1n) is 9.58. The fraction of sp³-hybridized carbons (Fsp3) is 0.300. The summed E-state index contributed by atoms with van der Waals surface area (Å²) in [6, 6.07) is 6.11. The zero-order valence-corrected chi connectivity index (χ0v) is 17.7. The zero-order chi connectivity index (χ0) is 24.4. The second kappa shape index (κ2) is 9.43. The summed E-state index contributed by atoms with van der Waals surface area (Å²) >= 11 is 0. The van der Waals surface area contributed by atoms with E-state index in [0.717, 1.165) is 41.3 Å². The number of alkyl halides is 3. The highest BCUT2D eigenvalue weighted by atomic mass is 32.2. The zero-order valence-electron chi connectivity index (χ0n) is 16.9. The van der Waals surface area contributed by atoms with Crippen LogP contribution in [0, 0.1) is 11.6 Å². The van der Waals surface area contributed by atoms with E-state index in [1.807, 2.05) is 4.72 Å². The Morgan fingerprint density at radius 3 is 2.03 bits per heavy atom. The van der Waals surface area contributed by atoms with Crippen LogP contribution in [-0.2, 0) is 21.0 Å². The van der Waals surface area contributed by atoms with E-state index in [1.54, 1.807) is 0 Å². The van der Waals surface area contributed by atoms with E-state index < -0.39 is 62.2 Å². The molecule has 0 spiro atoms. The van der Waals surface area contributed by atoms with Crippen molar-refractivity contribution in [2.45, 2.75) is 11.1 Å². The Morgan fingerprint density at radius 2 is 1.45 bits per heavy atom. The Bertz CT molecular complexity index is 1140. The lowest BCUT2D eigenvalue weighted by atomic mass is 10.1. The van der Waals surface area contributed by atoms with E-state index in [2.05, 4.69) is 0 Å². The lowest BCUT2D eigenvalue weighted by molar-refractivity contribution is -0.137. The van der Waals surface area contributed by atoms with Gasteiger partial charge in [-0.05, 0) is 30.3 Å². The molecular weight excluding hydrogens is 473 g/mol. The van der Waals surface area contributed by atoms with Crippen molar-refractivity contribution >= 4 is 21.8 Å². The number of hydrogen-bond acceptors (Lipinski definition) is 4. The van der Waals surface area contributed by atoms with Crippen LogP contribution in [0.2, 0.25) is 0 Å². The topological polar surface area (TPSA) is 86.8 Å². The van der Waals surface area contributed by atoms with Crippen molar-refractivity contribution < 1.29 is 40.0 Å². The maximum atomic E-state index is 13.8. The largest absolute Gasteiger partial charge is 0.416 e. The predicted octanol–water partition coefficient (Wildman–Crippen LogP) is 2.25. The highest BCUT2D eigenvalue weighted by molar-refractivity contribution is 7.89. The van der Waals surface area contributed by atoms with Crippen LogP contribution in [0.5, 0.6) is 0 Å². The molecule has 0 radical (unpaired) electrons. The van der Waals surface area contributed by atoms with Crippen LogP contribution in [0.15, 0.2) is 47.4 Å². The van der Waals surface area contributed by atoms with Crippen molar-refractivity contribution in [3.05, 3.63) is 65.2 Å². The smallest absolute Gasteiger partial charge is 0.338 e. The van der Waals surface area contributed by atoms with E-state index >= 15 is 0 Å². The molecule has 2 aromatic carbocycles. The van der Waals surface area contributed by atoms with Gasteiger partial charge < -0.3 is 9.80 Å². The minimum atomic E-state index is -4.73. The fourth-order valence-electron chi connectivity index (χ4n) is 3.21. The normalized spacial score (nSPS) is 14.9. The van der Waals surface area contributed by atoms with Crippen molar-refractivity contribution in [3.63, 3.8) is 0 Å². The molecule has 0 unspecified atom stereocenters. The molecule has 0 atom stereocenters. The van der Waals surface area contributed by atoms with Gasteiger partial charge in [-0.1, -0.05) is 12.1 Å². The van der Waals surface area contributed by atoms with Gasteiger partial charge >= 0.3 is 6.18 Å². The molecule has 33 heavy (non-hydrogen) atoms. The molecule has 1 heterocycles. The highest BCUT2D eigenvalue weighted by Crippen LogP contribution is 2.30. The molecule has 0 bridgehead atoms. The Hall–Kier alpha value is -3.06. The molecule has 1 aliphatic heterocycles. The summed E-state index contributed by atoms with van der Waals surface area (Å²) in [6.07, 6.45) is -4.73. The standard InChI is InChI=1S/C20H18F5N3O4S/c21-15-5-2-6-16(22)18(15)19(30)28-9-7-27(8-10-28)17(29)12-26-33(31,32)14-4-1-3-13(11-14)20(23,24)25/h1-6,11,26H,7-10,12H2. The minimum Gasteiger partial charge on any atom is -0.338 e. The lowest BCUT2D eigenvalue weighted by Crippen LogP contribution is -2.52. The molecule has 2 amide bonds. The van der Waals surface area contributed by atoms with E-state index in [9.17, 15) is 40.0 Å². The number of carbonyl (C=O) groups excluding carboxylic acids is 2.